The van der Waals surface area contributed by atoms with Gasteiger partial charge in [-0.15, -0.1) is 0 Å². The minimum absolute atomic E-state index is 0.0233. The Hall–Kier alpha value is -2.50. The predicted molar refractivity (Wildman–Crippen MR) is 73.2 cm³/mol. The molecule has 8 heteroatoms. The third-order valence-corrected chi connectivity index (χ3v) is 3.58. The van der Waals surface area contributed by atoms with E-state index in [1.807, 2.05) is 0 Å². The number of anilines is 1. The van der Waals surface area contributed by atoms with Crippen LogP contribution < -0.4 is 4.72 Å². The zero-order valence-electron chi connectivity index (χ0n) is 10.6. The van der Waals surface area contributed by atoms with Gasteiger partial charge in [0.1, 0.15) is 12.4 Å². The van der Waals surface area contributed by atoms with Crippen molar-refractivity contribution < 1.29 is 17.9 Å². The molecule has 0 saturated carbocycles. The molecule has 0 bridgehead atoms. The molecular formula is C13H10FN3O3S. The van der Waals surface area contributed by atoms with Crippen LogP contribution in [0.4, 0.5) is 10.2 Å². The van der Waals surface area contributed by atoms with E-state index < -0.39 is 20.9 Å². The Kier molecular flexibility index (Phi) is 4.47. The summed E-state index contributed by atoms with van der Waals surface area (Å²) in [6, 6.07) is 5.19. The van der Waals surface area contributed by atoms with Crippen LogP contribution in [0, 0.1) is 17.7 Å². The van der Waals surface area contributed by atoms with Gasteiger partial charge in [-0.2, -0.15) is 8.42 Å². The summed E-state index contributed by atoms with van der Waals surface area (Å²) in [4.78, 5) is 7.32. The first kappa shape index (κ1) is 14.9. The van der Waals surface area contributed by atoms with Gasteiger partial charge < -0.3 is 5.11 Å². The van der Waals surface area contributed by atoms with Crippen molar-refractivity contribution in [2.75, 3.05) is 11.3 Å². The highest BCUT2D eigenvalue weighted by molar-refractivity contribution is 7.92. The Balaban J connectivity index is 2.31. The maximum Gasteiger partial charge on any atom is 0.283 e. The fourth-order valence-electron chi connectivity index (χ4n) is 1.46. The number of sulfonamides is 1. The van der Waals surface area contributed by atoms with E-state index in [1.165, 1.54) is 24.5 Å². The van der Waals surface area contributed by atoms with Crippen LogP contribution in [0.15, 0.2) is 41.7 Å². The molecule has 0 unspecified atom stereocenters. The van der Waals surface area contributed by atoms with Crippen molar-refractivity contribution in [3.63, 3.8) is 0 Å². The molecule has 2 heterocycles. The monoisotopic (exact) mass is 307 g/mol. The highest BCUT2D eigenvalue weighted by Gasteiger charge is 2.20. The number of halogens is 1. The van der Waals surface area contributed by atoms with Crippen molar-refractivity contribution in [1.82, 2.24) is 9.97 Å². The second-order valence-corrected chi connectivity index (χ2v) is 5.38. The summed E-state index contributed by atoms with van der Waals surface area (Å²) in [7, 11) is -4.18. The molecule has 108 valence electrons. The van der Waals surface area contributed by atoms with E-state index in [0.29, 0.717) is 5.56 Å². The van der Waals surface area contributed by atoms with Crippen LogP contribution in [0.3, 0.4) is 0 Å². The number of hydrogen-bond acceptors (Lipinski definition) is 5. The van der Waals surface area contributed by atoms with E-state index >= 15 is 0 Å². The standard InChI is InChI=1S/C13H10FN3O3S/c14-11-4-1-6-16-13(11)21(19,20)17-12-9-10(3-2-8-18)5-7-15-12/h1,4-7,9,18H,8H2,(H,15,17). The van der Waals surface area contributed by atoms with E-state index in [2.05, 4.69) is 26.5 Å². The molecule has 0 aliphatic heterocycles. The van der Waals surface area contributed by atoms with Gasteiger partial charge in [-0.25, -0.2) is 14.4 Å². The molecule has 0 aliphatic rings. The van der Waals surface area contributed by atoms with Crippen LogP contribution in [-0.2, 0) is 10.0 Å². The number of aromatic nitrogens is 2. The van der Waals surface area contributed by atoms with Gasteiger partial charge in [-0.05, 0) is 24.3 Å². The van der Waals surface area contributed by atoms with Crippen molar-refractivity contribution in [3.8, 4) is 11.8 Å². The molecule has 6 nitrogen and oxygen atoms in total. The predicted octanol–water partition coefficient (Wildman–Crippen LogP) is 0.760. The van der Waals surface area contributed by atoms with Crippen LogP contribution in [0.1, 0.15) is 5.56 Å². The molecule has 0 aromatic carbocycles. The van der Waals surface area contributed by atoms with Gasteiger partial charge in [-0.3, -0.25) is 4.72 Å². The maximum atomic E-state index is 13.5. The minimum atomic E-state index is -4.18. The zero-order chi connectivity index (χ0) is 15.3. The van der Waals surface area contributed by atoms with Crippen LogP contribution in [-0.4, -0.2) is 30.1 Å². The Morgan fingerprint density at radius 1 is 1.29 bits per heavy atom. The summed E-state index contributed by atoms with van der Waals surface area (Å²) in [5.41, 5.74) is 0.457. The first-order valence-electron chi connectivity index (χ1n) is 5.72. The summed E-state index contributed by atoms with van der Waals surface area (Å²) in [5, 5.41) is 7.90. The molecule has 0 radical (unpaired) electrons. The Labute approximate surface area is 120 Å². The van der Waals surface area contributed by atoms with Crippen molar-refractivity contribution in [1.29, 1.82) is 0 Å². The van der Waals surface area contributed by atoms with E-state index in [1.54, 1.807) is 6.07 Å². The molecule has 0 fully saturated rings. The second kappa shape index (κ2) is 6.30. The first-order chi connectivity index (χ1) is 10.0. The highest BCUT2D eigenvalue weighted by Crippen LogP contribution is 2.15. The largest absolute Gasteiger partial charge is 0.384 e. The van der Waals surface area contributed by atoms with E-state index in [4.69, 9.17) is 5.11 Å². The lowest BCUT2D eigenvalue weighted by Gasteiger charge is -2.07. The maximum absolute atomic E-state index is 13.5. The first-order valence-corrected chi connectivity index (χ1v) is 7.20. The van der Waals surface area contributed by atoms with Crippen LogP contribution in [0.5, 0.6) is 0 Å². The number of rotatable bonds is 3. The summed E-state index contributed by atoms with van der Waals surface area (Å²) in [6.07, 6.45) is 2.52. The molecule has 2 rings (SSSR count). The smallest absolute Gasteiger partial charge is 0.283 e. The van der Waals surface area contributed by atoms with Gasteiger partial charge in [-0.1, -0.05) is 11.8 Å². The summed E-state index contributed by atoms with van der Waals surface area (Å²) in [5.74, 6) is 4.05. The number of aliphatic hydroxyl groups is 1. The number of nitrogens with one attached hydrogen (secondary N) is 1. The van der Waals surface area contributed by atoms with E-state index in [-0.39, 0.29) is 12.4 Å². The van der Waals surface area contributed by atoms with Gasteiger partial charge in [0.05, 0.1) is 0 Å². The van der Waals surface area contributed by atoms with Gasteiger partial charge in [0, 0.05) is 18.0 Å². The van der Waals surface area contributed by atoms with Gasteiger partial charge in [0.15, 0.2) is 5.82 Å². The molecule has 2 aromatic heterocycles. The average Bonchev–Trinajstić information content (AvgIpc) is 2.45. The molecule has 2 aromatic rings. The van der Waals surface area contributed by atoms with Gasteiger partial charge in [0.2, 0.25) is 5.03 Å². The Morgan fingerprint density at radius 2 is 2.10 bits per heavy atom. The zero-order valence-corrected chi connectivity index (χ0v) is 11.4. The van der Waals surface area contributed by atoms with Crippen molar-refractivity contribution >= 4 is 15.8 Å². The molecular weight excluding hydrogens is 297 g/mol. The lowest BCUT2D eigenvalue weighted by atomic mass is 10.2. The average molecular weight is 307 g/mol. The molecule has 0 aliphatic carbocycles. The quantitative estimate of drug-likeness (QED) is 0.817. The van der Waals surface area contributed by atoms with Crippen molar-refractivity contribution in [3.05, 3.63) is 48.0 Å². The summed E-state index contributed by atoms with van der Waals surface area (Å²) in [6.45, 7) is -0.317. The number of aliphatic hydroxyl groups excluding tert-OH is 1. The molecule has 0 saturated heterocycles. The lowest BCUT2D eigenvalue weighted by molar-refractivity contribution is 0.350. The summed E-state index contributed by atoms with van der Waals surface area (Å²) < 4.78 is 39.6. The third-order valence-electron chi connectivity index (χ3n) is 2.29. The molecule has 0 atom stereocenters. The number of pyridine rings is 2. The van der Waals surface area contributed by atoms with Crippen molar-refractivity contribution in [2.45, 2.75) is 5.03 Å². The Morgan fingerprint density at radius 3 is 2.81 bits per heavy atom. The summed E-state index contributed by atoms with van der Waals surface area (Å²) >= 11 is 0. The number of nitrogens with zero attached hydrogens (tertiary/aromatic N) is 2. The van der Waals surface area contributed by atoms with Crippen LogP contribution in [0.2, 0.25) is 0 Å². The fraction of sp³-hybridized carbons (Fsp3) is 0.0769. The molecule has 0 spiro atoms. The third kappa shape index (κ3) is 3.75. The van der Waals surface area contributed by atoms with Crippen molar-refractivity contribution in [2.24, 2.45) is 0 Å². The lowest BCUT2D eigenvalue weighted by Crippen LogP contribution is -2.17. The van der Waals surface area contributed by atoms with Gasteiger partial charge >= 0.3 is 0 Å². The Bertz CT molecular complexity index is 813. The van der Waals surface area contributed by atoms with Gasteiger partial charge in [0.25, 0.3) is 10.0 Å². The molecule has 21 heavy (non-hydrogen) atoms. The topological polar surface area (TPSA) is 92.2 Å². The minimum Gasteiger partial charge on any atom is -0.384 e. The van der Waals surface area contributed by atoms with E-state index in [9.17, 15) is 12.8 Å². The normalized spacial score (nSPS) is 10.6. The number of hydrogen-bond donors (Lipinski definition) is 2. The van der Waals surface area contributed by atoms with E-state index in [0.717, 1.165) is 6.07 Å². The molecule has 0 amide bonds. The highest BCUT2D eigenvalue weighted by atomic mass is 32.2. The fourth-order valence-corrected chi connectivity index (χ4v) is 2.47. The SMILES string of the molecule is O=S(=O)(Nc1cc(C#CCO)ccn1)c1ncccc1F. The molecule has 2 N–H and O–H groups in total. The second-order valence-electron chi connectivity index (χ2n) is 3.79. The van der Waals surface area contributed by atoms with Crippen LogP contribution >= 0.6 is 0 Å². The van der Waals surface area contributed by atoms with Crippen LogP contribution in [0.25, 0.3) is 0 Å².